The van der Waals surface area contributed by atoms with E-state index in [1.165, 1.54) is 6.42 Å². The molecule has 1 aliphatic heterocycles. The third kappa shape index (κ3) is 5.89. The van der Waals surface area contributed by atoms with Crippen LogP contribution in [0.25, 0.3) is 11.1 Å². The summed E-state index contributed by atoms with van der Waals surface area (Å²) in [7, 11) is 0. The van der Waals surface area contributed by atoms with Gasteiger partial charge in [-0.25, -0.2) is 4.79 Å². The summed E-state index contributed by atoms with van der Waals surface area (Å²) in [6, 6.07) is 13.9. The quantitative estimate of drug-likeness (QED) is 0.387. The van der Waals surface area contributed by atoms with Crippen LogP contribution in [0, 0.1) is 12.8 Å². The zero-order valence-corrected chi connectivity index (χ0v) is 22.6. The molecule has 2 aromatic carbocycles. The van der Waals surface area contributed by atoms with Crippen molar-refractivity contribution >= 4 is 17.7 Å². The minimum atomic E-state index is -0.964. The van der Waals surface area contributed by atoms with E-state index in [1.54, 1.807) is 6.07 Å². The van der Waals surface area contributed by atoms with Crippen molar-refractivity contribution in [1.82, 2.24) is 4.90 Å². The maximum absolute atomic E-state index is 13.6. The maximum Gasteiger partial charge on any atom is 0.345 e. The number of unbranched alkanes of at least 4 members (excludes halogenated alkanes) is 1. The standard InChI is InChI=1S/C31H40N2O4/c1-5-6-13-27-32-31(16-8-7-9-17-31)30(36)33(27)20-23-14-15-26(22(4)18-23)24-11-10-12-25(19-24)37-28(21(2)3)29(34)35/h10-12,14-15,18-19,21,28H,5-9,13,16-17,20H2,1-4H3,(H,34,35). The number of carbonyl (C=O) groups excluding carboxylic acids is 1. The van der Waals surface area contributed by atoms with Crippen LogP contribution < -0.4 is 4.74 Å². The predicted octanol–water partition coefficient (Wildman–Crippen LogP) is 6.78. The number of aliphatic imine (C=N–C) groups is 1. The first-order valence-electron chi connectivity index (χ1n) is 13.7. The number of ether oxygens (including phenoxy) is 1. The van der Waals surface area contributed by atoms with Gasteiger partial charge in [-0.3, -0.25) is 14.7 Å². The van der Waals surface area contributed by atoms with E-state index in [9.17, 15) is 14.7 Å². The average Bonchev–Trinajstić information content (AvgIpc) is 3.11. The molecule has 2 aromatic rings. The fourth-order valence-electron chi connectivity index (χ4n) is 5.56. The van der Waals surface area contributed by atoms with Crippen LogP contribution in [0.1, 0.15) is 83.3 Å². The van der Waals surface area contributed by atoms with Crippen molar-refractivity contribution in [3.05, 3.63) is 53.6 Å². The molecule has 1 amide bonds. The monoisotopic (exact) mass is 504 g/mol. The summed E-state index contributed by atoms with van der Waals surface area (Å²) in [6.45, 7) is 8.46. The Labute approximate surface area is 220 Å². The second kappa shape index (κ2) is 11.5. The van der Waals surface area contributed by atoms with Crippen molar-refractivity contribution in [1.29, 1.82) is 0 Å². The lowest BCUT2D eigenvalue weighted by molar-refractivity contribution is -0.147. The van der Waals surface area contributed by atoms with Crippen LogP contribution >= 0.6 is 0 Å². The van der Waals surface area contributed by atoms with Crippen LogP contribution in [0.3, 0.4) is 0 Å². The number of nitrogens with zero attached hydrogens (tertiary/aromatic N) is 2. The summed E-state index contributed by atoms with van der Waals surface area (Å²) in [4.78, 5) is 32.2. The van der Waals surface area contributed by atoms with Gasteiger partial charge in [-0.15, -0.1) is 0 Å². The Balaban J connectivity index is 1.54. The number of aliphatic carboxylic acids is 1. The summed E-state index contributed by atoms with van der Waals surface area (Å²) in [5.74, 6) is 0.573. The molecule has 1 atom stereocenters. The summed E-state index contributed by atoms with van der Waals surface area (Å²) >= 11 is 0. The second-order valence-corrected chi connectivity index (χ2v) is 10.9. The summed E-state index contributed by atoms with van der Waals surface area (Å²) in [5, 5.41) is 9.49. The first-order valence-corrected chi connectivity index (χ1v) is 13.7. The van der Waals surface area contributed by atoms with Gasteiger partial charge in [0.25, 0.3) is 5.91 Å². The summed E-state index contributed by atoms with van der Waals surface area (Å²) < 4.78 is 5.81. The average molecular weight is 505 g/mol. The van der Waals surface area contributed by atoms with Crippen molar-refractivity contribution < 1.29 is 19.4 Å². The lowest BCUT2D eigenvalue weighted by Gasteiger charge is -2.29. The number of rotatable bonds is 10. The molecular formula is C31H40N2O4. The van der Waals surface area contributed by atoms with Gasteiger partial charge >= 0.3 is 5.97 Å². The number of carboxylic acids is 1. The van der Waals surface area contributed by atoms with E-state index < -0.39 is 17.6 Å². The Hall–Kier alpha value is -3.15. The van der Waals surface area contributed by atoms with Gasteiger partial charge in [0.05, 0.1) is 6.54 Å². The second-order valence-electron chi connectivity index (χ2n) is 10.9. The number of amides is 1. The molecule has 0 bridgehead atoms. The summed E-state index contributed by atoms with van der Waals surface area (Å²) in [6.07, 6.45) is 7.15. The molecule has 1 spiro atoms. The number of hydrogen-bond acceptors (Lipinski definition) is 4. The molecule has 1 heterocycles. The molecular weight excluding hydrogens is 464 g/mol. The Morgan fingerprint density at radius 1 is 1.14 bits per heavy atom. The molecule has 198 valence electrons. The van der Waals surface area contributed by atoms with Gasteiger partial charge in [0, 0.05) is 12.3 Å². The molecule has 6 heteroatoms. The topological polar surface area (TPSA) is 79.2 Å². The molecule has 1 N–H and O–H groups in total. The molecule has 0 aromatic heterocycles. The Bertz CT molecular complexity index is 1160. The number of amidine groups is 1. The molecule has 2 aliphatic rings. The number of hydrogen-bond donors (Lipinski definition) is 1. The Morgan fingerprint density at radius 3 is 2.54 bits per heavy atom. The largest absolute Gasteiger partial charge is 0.478 e. The molecule has 1 fully saturated rings. The van der Waals surface area contributed by atoms with Crippen molar-refractivity contribution in [3.63, 3.8) is 0 Å². The fraction of sp³-hybridized carbons (Fsp3) is 0.516. The van der Waals surface area contributed by atoms with E-state index in [4.69, 9.17) is 9.73 Å². The molecule has 37 heavy (non-hydrogen) atoms. The van der Waals surface area contributed by atoms with Crippen molar-refractivity contribution in [2.24, 2.45) is 10.9 Å². The minimum absolute atomic E-state index is 0.144. The third-order valence-corrected chi connectivity index (χ3v) is 7.62. The van der Waals surface area contributed by atoms with Crippen LogP contribution in [-0.4, -0.2) is 39.4 Å². The van der Waals surface area contributed by atoms with Crippen LogP contribution in [0.15, 0.2) is 47.5 Å². The Kier molecular flexibility index (Phi) is 8.35. The summed E-state index contributed by atoms with van der Waals surface area (Å²) in [5.41, 5.74) is 3.69. The highest BCUT2D eigenvalue weighted by Crippen LogP contribution is 2.39. The lowest BCUT2D eigenvalue weighted by atomic mass is 9.82. The van der Waals surface area contributed by atoms with Crippen LogP contribution in [-0.2, 0) is 16.1 Å². The zero-order chi connectivity index (χ0) is 26.6. The van der Waals surface area contributed by atoms with E-state index in [2.05, 4.69) is 32.0 Å². The van der Waals surface area contributed by atoms with Crippen molar-refractivity contribution in [2.75, 3.05) is 0 Å². The molecule has 1 aliphatic carbocycles. The van der Waals surface area contributed by atoms with Crippen molar-refractivity contribution in [3.8, 4) is 16.9 Å². The van der Waals surface area contributed by atoms with Gasteiger partial charge in [0.1, 0.15) is 17.1 Å². The molecule has 1 unspecified atom stereocenters. The Morgan fingerprint density at radius 2 is 1.89 bits per heavy atom. The highest BCUT2D eigenvalue weighted by atomic mass is 16.5. The SMILES string of the molecule is CCCCC1=NC2(CCCCC2)C(=O)N1Cc1ccc(-c2cccc(OC(C(=O)O)C(C)C)c2)c(C)c1. The van der Waals surface area contributed by atoms with Crippen molar-refractivity contribution in [2.45, 2.75) is 97.2 Å². The third-order valence-electron chi connectivity index (χ3n) is 7.62. The molecule has 0 radical (unpaired) electrons. The van der Waals surface area contributed by atoms with Gasteiger partial charge in [0.2, 0.25) is 0 Å². The number of carboxylic acid groups (broad SMARTS) is 1. The smallest absolute Gasteiger partial charge is 0.345 e. The number of aryl methyl sites for hydroxylation is 1. The van der Waals surface area contributed by atoms with E-state index >= 15 is 0 Å². The molecule has 6 nitrogen and oxygen atoms in total. The normalized spacial score (nSPS) is 17.8. The van der Waals surface area contributed by atoms with Crippen LogP contribution in [0.5, 0.6) is 5.75 Å². The van der Waals surface area contributed by atoms with Gasteiger partial charge in [0.15, 0.2) is 6.10 Å². The van der Waals surface area contributed by atoms with E-state index in [0.29, 0.717) is 12.3 Å². The fourth-order valence-corrected chi connectivity index (χ4v) is 5.56. The van der Waals surface area contributed by atoms with E-state index in [0.717, 1.165) is 73.0 Å². The number of carbonyl (C=O) groups is 2. The van der Waals surface area contributed by atoms with E-state index in [1.807, 2.05) is 36.9 Å². The highest BCUT2D eigenvalue weighted by Gasteiger charge is 2.48. The van der Waals surface area contributed by atoms with Crippen LogP contribution in [0.2, 0.25) is 0 Å². The zero-order valence-electron chi connectivity index (χ0n) is 22.6. The van der Waals surface area contributed by atoms with Crippen LogP contribution in [0.4, 0.5) is 0 Å². The van der Waals surface area contributed by atoms with Gasteiger partial charge < -0.3 is 9.84 Å². The number of benzene rings is 2. The van der Waals surface area contributed by atoms with Gasteiger partial charge in [-0.1, -0.05) is 76.8 Å². The minimum Gasteiger partial charge on any atom is -0.478 e. The molecule has 1 saturated carbocycles. The van der Waals surface area contributed by atoms with Gasteiger partial charge in [-0.2, -0.15) is 0 Å². The van der Waals surface area contributed by atoms with Gasteiger partial charge in [-0.05, 0) is 60.6 Å². The maximum atomic E-state index is 13.6. The van der Waals surface area contributed by atoms with E-state index in [-0.39, 0.29) is 11.8 Å². The molecule has 0 saturated heterocycles. The first kappa shape index (κ1) is 26.9. The highest BCUT2D eigenvalue weighted by molar-refractivity contribution is 6.08. The molecule has 4 rings (SSSR count). The predicted molar refractivity (Wildman–Crippen MR) is 147 cm³/mol. The lowest BCUT2D eigenvalue weighted by Crippen LogP contribution is -2.43. The first-order chi connectivity index (χ1) is 17.7.